The summed E-state index contributed by atoms with van der Waals surface area (Å²) >= 11 is 6.13. The molecule has 2 N–H and O–H groups in total. The fourth-order valence-electron chi connectivity index (χ4n) is 3.85. The van der Waals surface area contributed by atoms with Gasteiger partial charge in [-0.3, -0.25) is 4.79 Å². The number of hydrogen-bond donors (Lipinski definition) is 2. The van der Waals surface area contributed by atoms with Crippen LogP contribution in [0.5, 0.6) is 17.2 Å². The molecule has 0 spiro atoms. The monoisotopic (exact) mass is 548 g/mol. The smallest absolute Gasteiger partial charge is 0.358 e. The molecule has 0 fully saturated rings. The fraction of sp³-hybridized carbons (Fsp3) is 0.233. The van der Waals surface area contributed by atoms with Gasteiger partial charge in [-0.1, -0.05) is 54.2 Å². The third-order valence-electron chi connectivity index (χ3n) is 5.87. The van der Waals surface area contributed by atoms with Crippen LogP contribution in [-0.2, 0) is 4.79 Å². The van der Waals surface area contributed by atoms with Crippen LogP contribution in [0, 0.1) is 0 Å². The van der Waals surface area contributed by atoms with Gasteiger partial charge in [0.05, 0.1) is 12.3 Å². The van der Waals surface area contributed by atoms with Gasteiger partial charge in [0.15, 0.2) is 17.2 Å². The molecule has 1 heterocycles. The average Bonchev–Trinajstić information content (AvgIpc) is 3.44. The van der Waals surface area contributed by atoms with Gasteiger partial charge in [-0.25, -0.2) is 4.79 Å². The summed E-state index contributed by atoms with van der Waals surface area (Å²) in [4.78, 5) is 23.4. The Balaban J connectivity index is 1.11. The normalized spacial score (nSPS) is 10.7. The van der Waals surface area contributed by atoms with Crippen molar-refractivity contribution in [3.05, 3.63) is 89.6 Å². The van der Waals surface area contributed by atoms with E-state index in [1.54, 1.807) is 30.3 Å². The summed E-state index contributed by atoms with van der Waals surface area (Å²) in [6.07, 6.45) is 5.06. The number of nitrogens with zero attached hydrogens (tertiary/aromatic N) is 1. The van der Waals surface area contributed by atoms with Gasteiger partial charge in [0.2, 0.25) is 5.91 Å². The van der Waals surface area contributed by atoms with E-state index in [0.717, 1.165) is 43.4 Å². The molecule has 0 bridgehead atoms. The zero-order valence-electron chi connectivity index (χ0n) is 21.3. The fourth-order valence-corrected chi connectivity index (χ4v) is 4.02. The van der Waals surface area contributed by atoms with E-state index in [2.05, 4.69) is 10.5 Å². The molecule has 0 aliphatic carbocycles. The quantitative estimate of drug-likeness (QED) is 0.154. The lowest BCUT2D eigenvalue weighted by atomic mass is 10.1. The Morgan fingerprint density at radius 2 is 1.62 bits per heavy atom. The largest absolute Gasteiger partial charge is 0.494 e. The summed E-state index contributed by atoms with van der Waals surface area (Å²) in [5, 5.41) is 15.9. The molecule has 0 saturated carbocycles. The third kappa shape index (κ3) is 8.61. The predicted molar refractivity (Wildman–Crippen MR) is 149 cm³/mol. The number of carboxylic acids is 1. The van der Waals surface area contributed by atoms with Gasteiger partial charge in [0, 0.05) is 23.1 Å². The van der Waals surface area contributed by atoms with E-state index in [-0.39, 0.29) is 11.6 Å². The molecule has 0 aliphatic heterocycles. The van der Waals surface area contributed by atoms with Gasteiger partial charge in [0.1, 0.15) is 11.5 Å². The van der Waals surface area contributed by atoms with Gasteiger partial charge in [0.25, 0.3) is 0 Å². The first kappa shape index (κ1) is 27.7. The van der Waals surface area contributed by atoms with E-state index in [1.807, 2.05) is 42.5 Å². The van der Waals surface area contributed by atoms with Crippen molar-refractivity contribution in [2.45, 2.75) is 38.5 Å². The molecule has 9 heteroatoms. The van der Waals surface area contributed by atoms with Gasteiger partial charge < -0.3 is 24.4 Å². The molecular formula is C30H29ClN2O6. The van der Waals surface area contributed by atoms with E-state index in [1.165, 1.54) is 6.07 Å². The Hall–Kier alpha value is -4.30. The molecule has 1 amide bonds. The van der Waals surface area contributed by atoms with Crippen molar-refractivity contribution in [3.63, 3.8) is 0 Å². The van der Waals surface area contributed by atoms with Gasteiger partial charge in [-0.15, -0.1) is 0 Å². The molecule has 8 nitrogen and oxygen atoms in total. The number of unbranched alkanes of at least 4 members (excludes halogenated alkanes) is 4. The molecule has 4 aromatic rings. The number of para-hydroxylation sites is 1. The van der Waals surface area contributed by atoms with Crippen molar-refractivity contribution >= 4 is 29.2 Å². The number of aromatic carboxylic acids is 1. The second-order valence-electron chi connectivity index (χ2n) is 8.88. The van der Waals surface area contributed by atoms with Crippen LogP contribution in [0.25, 0.3) is 11.3 Å². The number of amides is 1. The van der Waals surface area contributed by atoms with Crippen LogP contribution in [0.15, 0.2) is 83.4 Å². The van der Waals surface area contributed by atoms with Crippen molar-refractivity contribution in [1.82, 2.24) is 5.16 Å². The number of nitrogens with one attached hydrogen (secondary N) is 1. The maximum Gasteiger partial charge on any atom is 0.358 e. The van der Waals surface area contributed by atoms with Crippen molar-refractivity contribution < 1.29 is 28.7 Å². The highest BCUT2D eigenvalue weighted by Crippen LogP contribution is 2.32. The predicted octanol–water partition coefficient (Wildman–Crippen LogP) is 7.84. The zero-order chi connectivity index (χ0) is 27.5. The third-order valence-corrected chi connectivity index (χ3v) is 6.11. The Bertz CT molecular complexity index is 1370. The van der Waals surface area contributed by atoms with Gasteiger partial charge in [-0.05, 0) is 67.4 Å². The molecule has 3 aromatic carbocycles. The highest BCUT2D eigenvalue weighted by molar-refractivity contribution is 6.31. The van der Waals surface area contributed by atoms with E-state index < -0.39 is 5.97 Å². The van der Waals surface area contributed by atoms with Crippen molar-refractivity contribution in [2.75, 3.05) is 11.9 Å². The topological polar surface area (TPSA) is 111 Å². The van der Waals surface area contributed by atoms with Crippen molar-refractivity contribution in [2.24, 2.45) is 0 Å². The first-order valence-corrected chi connectivity index (χ1v) is 13.1. The molecule has 0 unspecified atom stereocenters. The Kier molecular flexibility index (Phi) is 9.97. The standard InChI is InChI=1S/C30H29ClN2O6/c31-22-14-17-27(38-24-9-5-4-6-10-24)25(19-22)32-29(34)11-7-2-1-3-8-18-37-23-15-12-21(13-16-23)28-20-26(30(35)36)33-39-28/h4-6,9-10,12-17,19-20H,1-3,7-8,11,18H2,(H,32,34)(H,35,36). The number of halogens is 1. The molecule has 1 aromatic heterocycles. The van der Waals surface area contributed by atoms with Gasteiger partial charge >= 0.3 is 5.97 Å². The van der Waals surface area contributed by atoms with Crippen LogP contribution in [0.1, 0.15) is 49.0 Å². The minimum Gasteiger partial charge on any atom is -0.494 e. The molecule has 4 rings (SSSR count). The summed E-state index contributed by atoms with van der Waals surface area (Å²) in [6, 6.07) is 23.1. The summed E-state index contributed by atoms with van der Waals surface area (Å²) in [7, 11) is 0. The second kappa shape index (κ2) is 14.0. The van der Waals surface area contributed by atoms with Crippen LogP contribution < -0.4 is 14.8 Å². The summed E-state index contributed by atoms with van der Waals surface area (Å²) < 4.78 is 16.8. The number of carbonyl (C=O) groups is 2. The summed E-state index contributed by atoms with van der Waals surface area (Å²) in [5.41, 5.74) is 1.14. The number of anilines is 1. The number of aromatic nitrogens is 1. The Morgan fingerprint density at radius 1 is 0.872 bits per heavy atom. The molecule has 39 heavy (non-hydrogen) atoms. The molecule has 0 aliphatic rings. The van der Waals surface area contributed by atoms with Crippen LogP contribution in [-0.4, -0.2) is 28.7 Å². The number of ether oxygens (including phenoxy) is 2. The van der Waals surface area contributed by atoms with Crippen LogP contribution in [0.4, 0.5) is 5.69 Å². The lowest BCUT2D eigenvalue weighted by molar-refractivity contribution is -0.116. The maximum atomic E-state index is 12.5. The van der Waals surface area contributed by atoms with Crippen LogP contribution >= 0.6 is 11.6 Å². The molecule has 0 radical (unpaired) electrons. The second-order valence-corrected chi connectivity index (χ2v) is 9.31. The Labute approximate surface area is 231 Å². The first-order chi connectivity index (χ1) is 19.0. The number of rotatable bonds is 14. The number of hydrogen-bond acceptors (Lipinski definition) is 6. The first-order valence-electron chi connectivity index (χ1n) is 12.7. The number of carboxylic acid groups (broad SMARTS) is 1. The van der Waals surface area contributed by atoms with E-state index >= 15 is 0 Å². The minimum absolute atomic E-state index is 0.0773. The maximum absolute atomic E-state index is 12.5. The lowest BCUT2D eigenvalue weighted by Crippen LogP contribution is -2.11. The molecule has 0 saturated heterocycles. The number of carbonyl (C=O) groups excluding carboxylic acids is 1. The van der Waals surface area contributed by atoms with Crippen molar-refractivity contribution in [1.29, 1.82) is 0 Å². The summed E-state index contributed by atoms with van der Waals surface area (Å²) in [6.45, 7) is 0.588. The van der Waals surface area contributed by atoms with Crippen LogP contribution in [0.2, 0.25) is 5.02 Å². The average molecular weight is 549 g/mol. The van der Waals surface area contributed by atoms with E-state index in [9.17, 15) is 9.59 Å². The highest BCUT2D eigenvalue weighted by Gasteiger charge is 2.12. The molecular weight excluding hydrogens is 520 g/mol. The van der Waals surface area contributed by atoms with Gasteiger partial charge in [-0.2, -0.15) is 0 Å². The molecule has 202 valence electrons. The van der Waals surface area contributed by atoms with Crippen molar-refractivity contribution in [3.8, 4) is 28.6 Å². The SMILES string of the molecule is O=C(CCCCCCCOc1ccc(-c2cc(C(=O)O)no2)cc1)Nc1cc(Cl)ccc1Oc1ccccc1. The molecule has 0 atom stereocenters. The highest BCUT2D eigenvalue weighted by atomic mass is 35.5. The zero-order valence-corrected chi connectivity index (χ0v) is 22.0. The minimum atomic E-state index is -1.13. The number of benzene rings is 3. The van der Waals surface area contributed by atoms with Crippen LogP contribution in [0.3, 0.4) is 0 Å². The lowest BCUT2D eigenvalue weighted by Gasteiger charge is -2.13. The van der Waals surface area contributed by atoms with E-state index in [4.69, 9.17) is 30.7 Å². The van der Waals surface area contributed by atoms with E-state index in [0.29, 0.717) is 41.0 Å². The summed E-state index contributed by atoms with van der Waals surface area (Å²) in [5.74, 6) is 1.13. The Morgan fingerprint density at radius 3 is 2.36 bits per heavy atom.